The molecular formula is C69H84INO16SSi. The maximum atomic E-state index is 14.3. The molecule has 15 atom stereocenters. The van der Waals surface area contributed by atoms with E-state index < -0.39 is 114 Å². The van der Waals surface area contributed by atoms with Crippen LogP contribution in [-0.4, -0.2) is 126 Å². The molecule has 4 fully saturated rings. The molecule has 6 aromatic carbocycles. The van der Waals surface area contributed by atoms with Crippen LogP contribution in [0.25, 0.3) is 0 Å². The molecule has 0 bridgehead atoms. The molecule has 478 valence electrons. The van der Waals surface area contributed by atoms with Gasteiger partial charge in [-0.15, -0.1) is 0 Å². The highest BCUT2D eigenvalue weighted by Crippen LogP contribution is 2.45. The van der Waals surface area contributed by atoms with Crippen molar-refractivity contribution in [3.05, 3.63) is 210 Å². The third kappa shape index (κ3) is 16.8. The summed E-state index contributed by atoms with van der Waals surface area (Å²) in [5.41, 5.74) is 5.14. The van der Waals surface area contributed by atoms with Gasteiger partial charge < -0.3 is 61.3 Å². The summed E-state index contributed by atoms with van der Waals surface area (Å²) < 4.78 is 121. The van der Waals surface area contributed by atoms with E-state index in [1.54, 1.807) is 18.2 Å². The van der Waals surface area contributed by atoms with Gasteiger partial charge in [-0.05, 0) is 63.5 Å². The zero-order valence-electron chi connectivity index (χ0n) is 51.5. The van der Waals surface area contributed by atoms with Crippen LogP contribution >= 0.6 is 22.6 Å². The number of halogens is 1. The number of carbonyl (C=O) groups is 1. The molecule has 0 saturated carbocycles. The summed E-state index contributed by atoms with van der Waals surface area (Å²) in [7, 11) is -6.76. The second kappa shape index (κ2) is 31.6. The fourth-order valence-electron chi connectivity index (χ4n) is 12.7. The van der Waals surface area contributed by atoms with Crippen molar-refractivity contribution in [1.82, 2.24) is 4.72 Å². The van der Waals surface area contributed by atoms with Crippen molar-refractivity contribution in [2.45, 2.75) is 193 Å². The summed E-state index contributed by atoms with van der Waals surface area (Å²) in [6, 6.07) is 57.0. The minimum atomic E-state index is -4.16. The summed E-state index contributed by atoms with van der Waals surface area (Å²) in [6.45, 7) is 15.9. The second-order valence-electron chi connectivity index (χ2n) is 24.0. The van der Waals surface area contributed by atoms with Crippen molar-refractivity contribution in [1.29, 1.82) is 0 Å². The maximum Gasteiger partial charge on any atom is 0.509 e. The van der Waals surface area contributed by atoms with Gasteiger partial charge in [-0.2, -0.15) is 4.72 Å². The predicted octanol–water partition coefficient (Wildman–Crippen LogP) is 12.4. The lowest BCUT2D eigenvalue weighted by molar-refractivity contribution is -0.378. The first-order valence-electron chi connectivity index (χ1n) is 30.8. The van der Waals surface area contributed by atoms with E-state index in [4.69, 9.17) is 61.3 Å². The molecule has 6 aromatic rings. The Morgan fingerprint density at radius 1 is 0.472 bits per heavy atom. The topological polar surface area (TPSA) is 183 Å². The molecule has 0 aromatic heterocycles. The third-order valence-corrected chi connectivity index (χ3v) is 25.9. The van der Waals surface area contributed by atoms with Crippen LogP contribution in [0.4, 0.5) is 4.79 Å². The van der Waals surface area contributed by atoms with Crippen LogP contribution in [0.1, 0.15) is 76.3 Å². The van der Waals surface area contributed by atoms with Crippen molar-refractivity contribution < 1.29 is 74.5 Å². The van der Waals surface area contributed by atoms with Crippen molar-refractivity contribution in [3.63, 3.8) is 0 Å². The molecule has 4 aliphatic rings. The fourth-order valence-corrected chi connectivity index (χ4v) is 20.6. The molecule has 0 spiro atoms. The van der Waals surface area contributed by atoms with Gasteiger partial charge in [0.05, 0.1) is 61.2 Å². The highest BCUT2D eigenvalue weighted by atomic mass is 127. The van der Waals surface area contributed by atoms with Gasteiger partial charge in [-0.3, -0.25) is 0 Å². The number of alkyl halides is 1. The Kier molecular flexibility index (Phi) is 23.7. The van der Waals surface area contributed by atoms with Crippen molar-refractivity contribution >= 4 is 47.1 Å². The van der Waals surface area contributed by atoms with Gasteiger partial charge in [0.2, 0.25) is 10.0 Å². The van der Waals surface area contributed by atoms with Crippen molar-refractivity contribution in [3.8, 4) is 0 Å². The largest absolute Gasteiger partial charge is 0.509 e. The first-order valence-corrected chi connectivity index (χ1v) is 35.7. The molecule has 20 heteroatoms. The monoisotopic (exact) mass is 1370 g/mol. The molecular weight excluding hydrogens is 1290 g/mol. The Morgan fingerprint density at radius 3 is 1.38 bits per heavy atom. The lowest BCUT2D eigenvalue weighted by Crippen LogP contribution is -2.67. The quantitative estimate of drug-likeness (QED) is 0.0202. The first-order chi connectivity index (χ1) is 43.1. The van der Waals surface area contributed by atoms with Crippen LogP contribution in [0, 0.1) is 0 Å². The van der Waals surface area contributed by atoms with E-state index in [0.29, 0.717) is 0 Å². The van der Waals surface area contributed by atoms with Gasteiger partial charge in [0.25, 0.3) is 0 Å². The van der Waals surface area contributed by atoms with Crippen LogP contribution in [0.15, 0.2) is 187 Å². The molecule has 0 amide bonds. The molecule has 1 N–H and O–H groups in total. The van der Waals surface area contributed by atoms with Gasteiger partial charge in [0, 0.05) is 0 Å². The minimum Gasteiger partial charge on any atom is -0.424 e. The van der Waals surface area contributed by atoms with E-state index in [1.807, 2.05) is 159 Å². The molecule has 89 heavy (non-hydrogen) atoms. The summed E-state index contributed by atoms with van der Waals surface area (Å²) in [5, 5.41) is 0. The fraction of sp³-hybridized carbons (Fsp3) is 0.464. The molecule has 17 nitrogen and oxygen atoms in total. The molecule has 0 radical (unpaired) electrons. The van der Waals surface area contributed by atoms with E-state index in [-0.39, 0.29) is 67.8 Å². The Morgan fingerprint density at radius 2 is 0.888 bits per heavy atom. The van der Waals surface area contributed by atoms with Crippen LogP contribution in [-0.2, 0) is 104 Å². The average molecular weight is 1370 g/mol. The number of rotatable bonds is 29. The van der Waals surface area contributed by atoms with E-state index in [0.717, 1.165) is 27.8 Å². The van der Waals surface area contributed by atoms with E-state index in [1.165, 1.54) is 12.1 Å². The first kappa shape index (κ1) is 66.9. The number of fused-ring (bicyclic) bond motifs is 1. The molecule has 0 aliphatic carbocycles. The summed E-state index contributed by atoms with van der Waals surface area (Å²) in [6.07, 6.45) is -15.5. The van der Waals surface area contributed by atoms with E-state index in [2.05, 4.69) is 68.9 Å². The van der Waals surface area contributed by atoms with E-state index in [9.17, 15) is 13.2 Å². The lowest BCUT2D eigenvalue weighted by atomic mass is 9.96. The normalized spacial score (nSPS) is 28.2. The van der Waals surface area contributed by atoms with Crippen LogP contribution in [0.3, 0.4) is 0 Å². The number of benzene rings is 6. The lowest BCUT2D eigenvalue weighted by Gasteiger charge is -2.50. The average Bonchev–Trinajstić information content (AvgIpc) is 1.84. The molecule has 0 unspecified atom stereocenters. The zero-order valence-corrected chi connectivity index (χ0v) is 55.5. The summed E-state index contributed by atoms with van der Waals surface area (Å²) >= 11 is 2.18. The Labute approximate surface area is 538 Å². The van der Waals surface area contributed by atoms with Crippen molar-refractivity contribution in [2.24, 2.45) is 0 Å². The maximum absolute atomic E-state index is 14.3. The summed E-state index contributed by atoms with van der Waals surface area (Å²) in [5.74, 6) is 0. The number of carbonyl (C=O) groups excluding carboxylic acids is 1. The van der Waals surface area contributed by atoms with Gasteiger partial charge in [-0.1, -0.05) is 234 Å². The van der Waals surface area contributed by atoms with Crippen molar-refractivity contribution in [2.75, 3.05) is 13.2 Å². The van der Waals surface area contributed by atoms with Gasteiger partial charge in [0.1, 0.15) is 49.0 Å². The van der Waals surface area contributed by atoms with Crippen LogP contribution < -0.4 is 4.72 Å². The number of sulfonamides is 1. The highest BCUT2D eigenvalue weighted by Gasteiger charge is 2.61. The molecule has 4 heterocycles. The summed E-state index contributed by atoms with van der Waals surface area (Å²) in [4.78, 5) is 14.0. The van der Waals surface area contributed by atoms with Crippen LogP contribution in [0.2, 0.25) is 16.6 Å². The molecule has 4 saturated heterocycles. The Bertz CT molecular complexity index is 3180. The smallest absolute Gasteiger partial charge is 0.424 e. The number of ether oxygens (including phenoxy) is 12. The highest BCUT2D eigenvalue weighted by molar-refractivity contribution is 14.1. The predicted molar refractivity (Wildman–Crippen MR) is 344 cm³/mol. The Balaban J connectivity index is 1.06. The second-order valence-corrected chi connectivity index (χ2v) is 32.6. The zero-order chi connectivity index (χ0) is 62.5. The van der Waals surface area contributed by atoms with Crippen LogP contribution in [0.5, 0.6) is 0 Å². The van der Waals surface area contributed by atoms with E-state index >= 15 is 0 Å². The number of hydrogen-bond acceptors (Lipinski definition) is 16. The SMILES string of the molecule is CC(C)[Si](OC[C@H]1O[C@@H](O[C@H]2[C@H](OCc3ccccc3)[C@H](I)[C@@H](NS(=O)(=O)c3ccccc3)O[C@@H]2COCc2ccccc2)[C@H](O[C@@H]2O[C@@H](C)[C@@H](OCc3ccccc3)[C@@H](OCc3ccccc3)[C@@H]2OCc2ccccc2)[C@H]2OC(=O)O[C@H]21)(C(C)C)C(C)C. The minimum absolute atomic E-state index is 0.0255. The Hall–Kier alpha value is -4.99. The standard InChI is InChI=1S/C69H84INO16SSi/c1-45(2)89(46(3)4,47(5)6)80-44-56-60-63(87-69(72)86-60)65(85-67-64(79-42-53-34-22-12-23-35-53)62(78-41-52-32-20-11-21-33-52)58(48(7)81-67)76-39-50-28-16-9-17-29-50)68(83-56)84-59-55(43-75-38-49-26-14-8-15-27-49)82-66(71-88(73,74)54-36-24-13-25-37-54)57(70)61(59)77-40-51-30-18-10-19-31-51/h8-37,45-48,55-68,71H,38-44H2,1-7H3/t48-,55+,56+,57-,58+,59+,60-,61+,62+,63-,64-,65+,66-,67-,68-/m0/s1. The van der Waals surface area contributed by atoms with Gasteiger partial charge in [-0.25, -0.2) is 13.2 Å². The molecule has 10 rings (SSSR count). The third-order valence-electron chi connectivity index (χ3n) is 17.0. The number of nitrogens with one attached hydrogen (secondary N) is 1. The molecule has 4 aliphatic heterocycles. The van der Waals surface area contributed by atoms with Gasteiger partial charge in [0.15, 0.2) is 39.2 Å². The van der Waals surface area contributed by atoms with Gasteiger partial charge >= 0.3 is 6.16 Å². The number of hydrogen-bond donors (Lipinski definition) is 1.